The largest absolute Gasteiger partial charge is 0.324 e. The van der Waals surface area contributed by atoms with Crippen molar-refractivity contribution in [3.05, 3.63) is 24.0 Å². The fourth-order valence-electron chi connectivity index (χ4n) is 1.82. The Kier molecular flexibility index (Phi) is 6.11. The van der Waals surface area contributed by atoms with Crippen LogP contribution in [0.4, 0.5) is 15.8 Å². The SMILES string of the molecule is CCC(CC)C(=O)Nc1ccc(F)cc1NC(=O)CN. The average Bonchev–Trinajstić information content (AvgIpc) is 2.43. The average molecular weight is 281 g/mol. The minimum Gasteiger partial charge on any atom is -0.324 e. The van der Waals surface area contributed by atoms with Gasteiger partial charge in [-0.1, -0.05) is 13.8 Å². The Morgan fingerprint density at radius 1 is 1.20 bits per heavy atom. The van der Waals surface area contributed by atoms with Crippen molar-refractivity contribution >= 4 is 23.2 Å². The molecule has 0 bridgehead atoms. The predicted molar refractivity (Wildman–Crippen MR) is 76.8 cm³/mol. The van der Waals surface area contributed by atoms with Crippen LogP contribution in [0.25, 0.3) is 0 Å². The highest BCUT2D eigenvalue weighted by Crippen LogP contribution is 2.24. The van der Waals surface area contributed by atoms with Gasteiger partial charge in [0.2, 0.25) is 11.8 Å². The second-order valence-electron chi connectivity index (χ2n) is 4.44. The van der Waals surface area contributed by atoms with Crippen molar-refractivity contribution in [1.29, 1.82) is 0 Å². The lowest BCUT2D eigenvalue weighted by Crippen LogP contribution is -2.25. The Labute approximate surface area is 117 Å². The van der Waals surface area contributed by atoms with E-state index in [1.165, 1.54) is 12.1 Å². The first-order valence-corrected chi connectivity index (χ1v) is 6.62. The molecule has 110 valence electrons. The quantitative estimate of drug-likeness (QED) is 0.746. The fraction of sp³-hybridized carbons (Fsp3) is 0.429. The van der Waals surface area contributed by atoms with Gasteiger partial charge in [0.1, 0.15) is 5.82 Å². The number of benzene rings is 1. The van der Waals surface area contributed by atoms with Crippen LogP contribution >= 0.6 is 0 Å². The number of anilines is 2. The smallest absolute Gasteiger partial charge is 0.238 e. The second-order valence-corrected chi connectivity index (χ2v) is 4.44. The molecule has 0 saturated carbocycles. The molecule has 0 aromatic heterocycles. The van der Waals surface area contributed by atoms with Gasteiger partial charge in [-0.25, -0.2) is 4.39 Å². The van der Waals surface area contributed by atoms with Crippen LogP contribution in [-0.2, 0) is 9.59 Å². The molecule has 6 heteroatoms. The molecule has 5 nitrogen and oxygen atoms in total. The van der Waals surface area contributed by atoms with Crippen LogP contribution < -0.4 is 16.4 Å². The van der Waals surface area contributed by atoms with Crippen LogP contribution in [0.2, 0.25) is 0 Å². The number of carbonyl (C=O) groups is 2. The zero-order chi connectivity index (χ0) is 15.1. The molecule has 0 saturated heterocycles. The van der Waals surface area contributed by atoms with Gasteiger partial charge in [0.15, 0.2) is 0 Å². The Morgan fingerprint density at radius 2 is 1.85 bits per heavy atom. The number of nitrogens with one attached hydrogen (secondary N) is 2. The van der Waals surface area contributed by atoms with E-state index in [0.29, 0.717) is 18.5 Å². The summed E-state index contributed by atoms with van der Waals surface area (Å²) < 4.78 is 13.2. The van der Waals surface area contributed by atoms with Gasteiger partial charge in [0.05, 0.1) is 17.9 Å². The maximum Gasteiger partial charge on any atom is 0.238 e. The van der Waals surface area contributed by atoms with Gasteiger partial charge in [-0.3, -0.25) is 9.59 Å². The number of hydrogen-bond acceptors (Lipinski definition) is 3. The molecule has 20 heavy (non-hydrogen) atoms. The third-order valence-electron chi connectivity index (χ3n) is 3.06. The van der Waals surface area contributed by atoms with Crippen LogP contribution in [0.5, 0.6) is 0 Å². The molecule has 0 atom stereocenters. The minimum atomic E-state index is -0.502. The van der Waals surface area contributed by atoms with Gasteiger partial charge in [-0.15, -0.1) is 0 Å². The zero-order valence-corrected chi connectivity index (χ0v) is 11.7. The molecule has 0 aliphatic heterocycles. The van der Waals surface area contributed by atoms with Crippen molar-refractivity contribution in [2.45, 2.75) is 26.7 Å². The predicted octanol–water partition coefficient (Wildman–Crippen LogP) is 2.10. The normalized spacial score (nSPS) is 10.4. The Morgan fingerprint density at radius 3 is 2.40 bits per heavy atom. The van der Waals surface area contributed by atoms with Gasteiger partial charge in [-0.2, -0.15) is 0 Å². The van der Waals surface area contributed by atoms with Crippen molar-refractivity contribution in [3.63, 3.8) is 0 Å². The first-order chi connectivity index (χ1) is 9.51. The third kappa shape index (κ3) is 4.31. The van der Waals surface area contributed by atoms with E-state index in [1.807, 2.05) is 13.8 Å². The Bertz CT molecular complexity index is 487. The topological polar surface area (TPSA) is 84.2 Å². The summed E-state index contributed by atoms with van der Waals surface area (Å²) in [5, 5.41) is 5.17. The molecule has 1 aromatic rings. The minimum absolute atomic E-state index is 0.113. The van der Waals surface area contributed by atoms with Gasteiger partial charge in [0.25, 0.3) is 0 Å². The fourth-order valence-corrected chi connectivity index (χ4v) is 1.82. The standard InChI is InChI=1S/C14H20FN3O2/c1-3-9(4-2)14(20)18-11-6-5-10(15)7-12(11)17-13(19)8-16/h5-7,9H,3-4,8,16H2,1-2H3,(H,17,19)(H,18,20). The van der Waals surface area contributed by atoms with E-state index in [0.717, 1.165) is 6.07 Å². The molecule has 0 spiro atoms. The zero-order valence-electron chi connectivity index (χ0n) is 11.7. The number of rotatable bonds is 6. The number of nitrogens with two attached hydrogens (primary N) is 1. The van der Waals surface area contributed by atoms with E-state index in [-0.39, 0.29) is 24.1 Å². The molecule has 4 N–H and O–H groups in total. The lowest BCUT2D eigenvalue weighted by atomic mass is 10.0. The summed E-state index contributed by atoms with van der Waals surface area (Å²) in [6.45, 7) is 3.64. The number of hydrogen-bond donors (Lipinski definition) is 3. The van der Waals surface area contributed by atoms with Gasteiger partial charge >= 0.3 is 0 Å². The van der Waals surface area contributed by atoms with Crippen molar-refractivity contribution in [1.82, 2.24) is 0 Å². The van der Waals surface area contributed by atoms with Gasteiger partial charge in [-0.05, 0) is 31.0 Å². The lowest BCUT2D eigenvalue weighted by Gasteiger charge is -2.16. The van der Waals surface area contributed by atoms with Crippen LogP contribution in [0.3, 0.4) is 0 Å². The molecule has 0 aliphatic rings. The highest BCUT2D eigenvalue weighted by Gasteiger charge is 2.16. The number of amides is 2. The van der Waals surface area contributed by atoms with E-state index >= 15 is 0 Å². The molecule has 0 aliphatic carbocycles. The highest BCUT2D eigenvalue weighted by atomic mass is 19.1. The summed E-state index contributed by atoms with van der Waals surface area (Å²) in [5.41, 5.74) is 5.78. The van der Waals surface area contributed by atoms with Crippen molar-refractivity contribution in [2.24, 2.45) is 11.7 Å². The number of carbonyl (C=O) groups excluding carboxylic acids is 2. The van der Waals surface area contributed by atoms with Gasteiger partial charge in [0, 0.05) is 5.92 Å². The molecule has 1 rings (SSSR count). The van der Waals surface area contributed by atoms with Crippen LogP contribution in [0.15, 0.2) is 18.2 Å². The molecule has 1 aromatic carbocycles. The molecule has 0 unspecified atom stereocenters. The first-order valence-electron chi connectivity index (χ1n) is 6.62. The summed E-state index contributed by atoms with van der Waals surface area (Å²) in [4.78, 5) is 23.3. The van der Waals surface area contributed by atoms with E-state index in [9.17, 15) is 14.0 Å². The van der Waals surface area contributed by atoms with Crippen LogP contribution in [0, 0.1) is 11.7 Å². The maximum atomic E-state index is 13.2. The summed E-state index contributed by atoms with van der Waals surface area (Å²) >= 11 is 0. The van der Waals surface area contributed by atoms with Crippen molar-refractivity contribution < 1.29 is 14.0 Å². The summed E-state index contributed by atoms with van der Waals surface area (Å²) in [5.74, 6) is -1.21. The highest BCUT2D eigenvalue weighted by molar-refractivity contribution is 6.00. The summed E-state index contributed by atoms with van der Waals surface area (Å²) in [7, 11) is 0. The van der Waals surface area contributed by atoms with Gasteiger partial charge < -0.3 is 16.4 Å². The van der Waals surface area contributed by atoms with Crippen LogP contribution in [0.1, 0.15) is 26.7 Å². The van der Waals surface area contributed by atoms with Crippen molar-refractivity contribution in [2.75, 3.05) is 17.2 Å². The van der Waals surface area contributed by atoms with E-state index in [2.05, 4.69) is 10.6 Å². The molecule has 0 fully saturated rings. The summed E-state index contributed by atoms with van der Waals surface area (Å²) in [6, 6.07) is 3.79. The Hall–Kier alpha value is -1.95. The van der Waals surface area contributed by atoms with Crippen molar-refractivity contribution in [3.8, 4) is 0 Å². The maximum absolute atomic E-state index is 13.2. The molecule has 0 heterocycles. The molecule has 0 radical (unpaired) electrons. The van der Waals surface area contributed by atoms with E-state index < -0.39 is 11.7 Å². The first kappa shape index (κ1) is 16.1. The number of halogens is 1. The molecular weight excluding hydrogens is 261 g/mol. The third-order valence-corrected chi connectivity index (χ3v) is 3.06. The van der Waals surface area contributed by atoms with E-state index in [1.54, 1.807) is 0 Å². The summed E-state index contributed by atoms with van der Waals surface area (Å²) in [6.07, 6.45) is 1.43. The second kappa shape index (κ2) is 7.59. The molecular formula is C14H20FN3O2. The Balaban J connectivity index is 2.93. The monoisotopic (exact) mass is 281 g/mol. The van der Waals surface area contributed by atoms with E-state index in [4.69, 9.17) is 5.73 Å². The molecule has 2 amide bonds. The van der Waals surface area contributed by atoms with Crippen LogP contribution in [-0.4, -0.2) is 18.4 Å². The lowest BCUT2D eigenvalue weighted by molar-refractivity contribution is -0.120.